The van der Waals surface area contributed by atoms with Crippen molar-refractivity contribution in [1.29, 1.82) is 0 Å². The minimum absolute atomic E-state index is 0.164. The van der Waals surface area contributed by atoms with Gasteiger partial charge < -0.3 is 28.4 Å². The second-order valence-electron chi connectivity index (χ2n) is 9.65. The first-order valence-corrected chi connectivity index (χ1v) is 11.4. The molecular formula is C26H32O6. The first kappa shape index (κ1) is 22.0. The summed E-state index contributed by atoms with van der Waals surface area (Å²) >= 11 is 0. The first-order chi connectivity index (χ1) is 15.3. The summed E-state index contributed by atoms with van der Waals surface area (Å²) in [5, 5.41) is 0. The summed E-state index contributed by atoms with van der Waals surface area (Å²) in [6.07, 6.45) is 1.14. The Kier molecular flexibility index (Phi) is 5.44. The number of ether oxygens (including phenoxy) is 6. The molecule has 32 heavy (non-hydrogen) atoms. The molecule has 2 aromatic rings. The minimum Gasteiger partial charge on any atom is -0.325 e. The highest BCUT2D eigenvalue weighted by molar-refractivity contribution is 5.19. The fourth-order valence-electron chi connectivity index (χ4n) is 4.75. The molecule has 3 saturated heterocycles. The summed E-state index contributed by atoms with van der Waals surface area (Å²) in [6, 6.07) is 20.3. The minimum atomic E-state index is -1.40. The Balaban J connectivity index is 1.44. The zero-order valence-electron chi connectivity index (χ0n) is 19.2. The lowest BCUT2D eigenvalue weighted by Crippen LogP contribution is -2.76. The third-order valence-corrected chi connectivity index (χ3v) is 6.54. The van der Waals surface area contributed by atoms with Crippen molar-refractivity contribution < 1.29 is 28.4 Å². The average molecular weight is 441 g/mol. The summed E-state index contributed by atoms with van der Waals surface area (Å²) in [7, 11) is 0. The molecule has 0 aromatic heterocycles. The molecule has 0 radical (unpaired) electrons. The molecule has 4 atom stereocenters. The molecule has 2 aromatic carbocycles. The third-order valence-electron chi connectivity index (χ3n) is 6.54. The van der Waals surface area contributed by atoms with Gasteiger partial charge in [-0.2, -0.15) is 0 Å². The van der Waals surface area contributed by atoms with Crippen LogP contribution in [0.5, 0.6) is 0 Å². The Bertz CT molecular complexity index is 852. The van der Waals surface area contributed by atoms with Crippen molar-refractivity contribution in [1.82, 2.24) is 0 Å². The summed E-state index contributed by atoms with van der Waals surface area (Å²) in [5.41, 5.74) is 0.160. The summed E-state index contributed by atoms with van der Waals surface area (Å²) < 4.78 is 38.6. The van der Waals surface area contributed by atoms with Gasteiger partial charge in [0.25, 0.3) is 0 Å². The molecule has 5 rings (SSSR count). The second kappa shape index (κ2) is 7.90. The van der Waals surface area contributed by atoms with Crippen molar-refractivity contribution in [3.63, 3.8) is 0 Å². The molecule has 3 fully saturated rings. The quantitative estimate of drug-likeness (QED) is 0.635. The van der Waals surface area contributed by atoms with E-state index in [1.807, 2.05) is 64.1 Å². The largest absolute Gasteiger partial charge is 0.325 e. The number of rotatable bonds is 2. The van der Waals surface area contributed by atoms with Crippen LogP contribution in [-0.4, -0.2) is 36.4 Å². The van der Waals surface area contributed by atoms with Crippen LogP contribution in [0.15, 0.2) is 60.7 Å². The average Bonchev–Trinajstić information content (AvgIpc) is 2.79. The van der Waals surface area contributed by atoms with Crippen LogP contribution in [0, 0.1) is 0 Å². The maximum Gasteiger partial charge on any atom is 0.314 e. The van der Waals surface area contributed by atoms with Gasteiger partial charge in [-0.15, -0.1) is 0 Å². The van der Waals surface area contributed by atoms with E-state index in [9.17, 15) is 0 Å². The molecule has 0 amide bonds. The molecule has 6 heteroatoms. The fraction of sp³-hybridized carbons (Fsp3) is 0.538. The zero-order valence-corrected chi connectivity index (χ0v) is 19.2. The van der Waals surface area contributed by atoms with Crippen LogP contribution >= 0.6 is 0 Å². The number of benzene rings is 2. The van der Waals surface area contributed by atoms with Crippen molar-refractivity contribution in [3.05, 3.63) is 71.8 Å². The van der Waals surface area contributed by atoms with Crippen molar-refractivity contribution >= 4 is 0 Å². The van der Waals surface area contributed by atoms with Crippen LogP contribution in [0.25, 0.3) is 0 Å². The van der Waals surface area contributed by atoms with Gasteiger partial charge in [-0.3, -0.25) is 0 Å². The van der Waals surface area contributed by atoms with Crippen molar-refractivity contribution in [2.75, 3.05) is 13.2 Å². The van der Waals surface area contributed by atoms with E-state index in [-0.39, 0.29) is 12.2 Å². The van der Waals surface area contributed by atoms with Gasteiger partial charge in [0.2, 0.25) is 0 Å². The maximum absolute atomic E-state index is 6.63. The maximum atomic E-state index is 6.63. The van der Waals surface area contributed by atoms with E-state index in [1.54, 1.807) is 0 Å². The standard InChI is InChI=1S/C26H32O6/c1-23(2)25(27-17-15-21(29-25)19-11-7-5-8-12-19)32-24(3,4)26(31-23)28-18-16-22(30-26)20-13-9-6-10-14-20/h5-14,21-22H,15-18H2,1-4H3. The number of hydrogen-bond donors (Lipinski definition) is 0. The molecule has 3 aliphatic heterocycles. The first-order valence-electron chi connectivity index (χ1n) is 11.4. The molecule has 0 aliphatic carbocycles. The van der Waals surface area contributed by atoms with Crippen LogP contribution < -0.4 is 0 Å². The third kappa shape index (κ3) is 3.59. The van der Waals surface area contributed by atoms with Gasteiger partial charge >= 0.3 is 11.9 Å². The van der Waals surface area contributed by atoms with Crippen LogP contribution in [0.3, 0.4) is 0 Å². The molecular weight excluding hydrogens is 408 g/mol. The smallest absolute Gasteiger partial charge is 0.314 e. The molecule has 3 aliphatic rings. The summed E-state index contributed by atoms with van der Waals surface area (Å²) in [4.78, 5) is 0. The van der Waals surface area contributed by atoms with Crippen molar-refractivity contribution in [2.24, 2.45) is 0 Å². The van der Waals surface area contributed by atoms with Gasteiger partial charge in [0.15, 0.2) is 0 Å². The zero-order chi connectivity index (χ0) is 22.5. The molecule has 6 nitrogen and oxygen atoms in total. The predicted octanol–water partition coefficient (Wildman–Crippen LogP) is 5.25. The molecule has 3 heterocycles. The molecule has 172 valence electrons. The molecule has 0 N–H and O–H groups in total. The van der Waals surface area contributed by atoms with E-state index in [0.29, 0.717) is 13.2 Å². The van der Waals surface area contributed by atoms with Gasteiger partial charge in [-0.05, 0) is 38.8 Å². The highest BCUT2D eigenvalue weighted by Gasteiger charge is 2.70. The van der Waals surface area contributed by atoms with Crippen LogP contribution in [0.2, 0.25) is 0 Å². The molecule has 4 unspecified atom stereocenters. The van der Waals surface area contributed by atoms with Crippen LogP contribution in [0.4, 0.5) is 0 Å². The Labute approximate surface area is 189 Å². The van der Waals surface area contributed by atoms with Crippen LogP contribution in [-0.2, 0) is 28.4 Å². The van der Waals surface area contributed by atoms with Crippen molar-refractivity contribution in [2.45, 2.75) is 75.9 Å². The van der Waals surface area contributed by atoms with E-state index < -0.39 is 23.1 Å². The fourth-order valence-corrected chi connectivity index (χ4v) is 4.75. The van der Waals surface area contributed by atoms with Gasteiger partial charge in [-0.25, -0.2) is 0 Å². The van der Waals surface area contributed by atoms with E-state index in [1.165, 1.54) is 0 Å². The van der Waals surface area contributed by atoms with Gasteiger partial charge in [-0.1, -0.05) is 60.7 Å². The Morgan fingerprint density at radius 1 is 0.594 bits per heavy atom. The SMILES string of the molecule is CC1(C)OC2(OCCC(c3ccccc3)O2)C(C)(C)OC12OCCC(c1ccccc1)O2. The van der Waals surface area contributed by atoms with Crippen LogP contribution in [0.1, 0.15) is 63.9 Å². The summed E-state index contributed by atoms with van der Waals surface area (Å²) in [5.74, 6) is -2.79. The van der Waals surface area contributed by atoms with Crippen molar-refractivity contribution in [3.8, 4) is 0 Å². The lowest BCUT2D eigenvalue weighted by Gasteiger charge is -2.62. The number of hydrogen-bond acceptors (Lipinski definition) is 6. The molecule has 0 bridgehead atoms. The van der Waals surface area contributed by atoms with E-state index >= 15 is 0 Å². The summed E-state index contributed by atoms with van der Waals surface area (Å²) in [6.45, 7) is 8.58. The second-order valence-corrected chi connectivity index (χ2v) is 9.65. The Hall–Kier alpha value is -1.80. The highest BCUT2D eigenvalue weighted by Crippen LogP contribution is 2.55. The monoisotopic (exact) mass is 440 g/mol. The Morgan fingerprint density at radius 3 is 1.34 bits per heavy atom. The lowest BCUT2D eigenvalue weighted by atomic mass is 9.94. The van der Waals surface area contributed by atoms with Gasteiger partial charge in [0.05, 0.1) is 25.4 Å². The van der Waals surface area contributed by atoms with E-state index in [4.69, 9.17) is 28.4 Å². The van der Waals surface area contributed by atoms with Gasteiger partial charge in [0.1, 0.15) is 11.2 Å². The van der Waals surface area contributed by atoms with E-state index in [2.05, 4.69) is 24.3 Å². The Morgan fingerprint density at radius 2 is 0.969 bits per heavy atom. The lowest BCUT2D eigenvalue weighted by molar-refractivity contribution is -0.607. The highest BCUT2D eigenvalue weighted by atomic mass is 17.0. The molecule has 0 saturated carbocycles. The van der Waals surface area contributed by atoms with E-state index in [0.717, 1.165) is 24.0 Å². The normalized spacial score (nSPS) is 36.2. The molecule has 2 spiro atoms. The topological polar surface area (TPSA) is 55.4 Å². The van der Waals surface area contributed by atoms with Gasteiger partial charge in [0, 0.05) is 12.8 Å². The predicted molar refractivity (Wildman–Crippen MR) is 117 cm³/mol.